The smallest absolute Gasteiger partial charge is 0.412 e. The summed E-state index contributed by atoms with van der Waals surface area (Å²) in [7, 11) is -1.98. The predicted molar refractivity (Wildman–Crippen MR) is 143 cm³/mol. The first-order chi connectivity index (χ1) is 16.8. The largest absolute Gasteiger partial charge is 0.444 e. The maximum Gasteiger partial charge on any atom is 0.412 e. The first kappa shape index (κ1) is 25.1. The summed E-state index contributed by atoms with van der Waals surface area (Å²) in [5, 5.41) is 8.85. The number of para-hydroxylation sites is 1. The number of hydrogen-bond acceptors (Lipinski definition) is 6. The quantitative estimate of drug-likeness (QED) is 0.434. The second-order valence-corrected chi connectivity index (χ2v) is 11.5. The maximum absolute atomic E-state index is 12.9. The van der Waals surface area contributed by atoms with Crippen LogP contribution in [-0.4, -0.2) is 39.3 Å². The highest BCUT2D eigenvalue weighted by Gasteiger charge is 2.23. The van der Waals surface area contributed by atoms with E-state index in [2.05, 4.69) is 16.0 Å². The Morgan fingerprint density at radius 1 is 0.917 bits per heavy atom. The zero-order valence-electron chi connectivity index (χ0n) is 20.7. The van der Waals surface area contributed by atoms with Crippen molar-refractivity contribution < 1.29 is 22.7 Å². The number of anilines is 5. The van der Waals surface area contributed by atoms with Gasteiger partial charge in [0.25, 0.3) is 5.91 Å². The van der Waals surface area contributed by atoms with Gasteiger partial charge in [0, 0.05) is 18.3 Å². The Balaban J connectivity index is 1.71. The number of amides is 2. The first-order valence-corrected chi connectivity index (χ1v) is 13.1. The van der Waals surface area contributed by atoms with Crippen LogP contribution in [0.25, 0.3) is 11.1 Å². The number of fused-ring (bicyclic) bond motifs is 2. The van der Waals surface area contributed by atoms with Crippen LogP contribution in [0.1, 0.15) is 31.1 Å². The minimum absolute atomic E-state index is 0.294. The number of sulfonamides is 1. The van der Waals surface area contributed by atoms with Gasteiger partial charge in [0.1, 0.15) is 5.60 Å². The van der Waals surface area contributed by atoms with E-state index in [1.54, 1.807) is 69.3 Å². The first-order valence-electron chi connectivity index (χ1n) is 11.2. The second-order valence-electron chi connectivity index (χ2n) is 9.47. The fourth-order valence-electron chi connectivity index (χ4n) is 3.77. The van der Waals surface area contributed by atoms with Gasteiger partial charge >= 0.3 is 6.09 Å². The molecule has 0 bridgehead atoms. The minimum atomic E-state index is -3.48. The van der Waals surface area contributed by atoms with Crippen LogP contribution in [-0.2, 0) is 14.8 Å². The summed E-state index contributed by atoms with van der Waals surface area (Å²) >= 11 is 0. The normalized spacial score (nSPS) is 12.9. The third kappa shape index (κ3) is 5.44. The lowest BCUT2D eigenvalue weighted by atomic mass is 10.0. The van der Waals surface area contributed by atoms with Crippen LogP contribution in [0.3, 0.4) is 0 Å². The molecule has 1 aliphatic rings. The summed E-state index contributed by atoms with van der Waals surface area (Å²) in [6.45, 7) is 5.34. The van der Waals surface area contributed by atoms with E-state index < -0.39 is 21.7 Å². The van der Waals surface area contributed by atoms with E-state index >= 15 is 0 Å². The van der Waals surface area contributed by atoms with Gasteiger partial charge in [-0.3, -0.25) is 14.4 Å². The van der Waals surface area contributed by atoms with E-state index in [-0.39, 0.29) is 5.91 Å². The molecule has 3 aromatic carbocycles. The molecule has 0 fully saturated rings. The van der Waals surface area contributed by atoms with Crippen LogP contribution in [0.4, 0.5) is 33.2 Å². The average molecular weight is 509 g/mol. The van der Waals surface area contributed by atoms with Crippen LogP contribution in [0, 0.1) is 0 Å². The Bertz CT molecular complexity index is 1460. The molecule has 0 aromatic heterocycles. The highest BCUT2D eigenvalue weighted by molar-refractivity contribution is 7.92. The van der Waals surface area contributed by atoms with Crippen molar-refractivity contribution in [2.24, 2.45) is 0 Å². The van der Waals surface area contributed by atoms with E-state index in [4.69, 9.17) is 4.74 Å². The van der Waals surface area contributed by atoms with Gasteiger partial charge in [0.15, 0.2) is 0 Å². The molecule has 36 heavy (non-hydrogen) atoms. The Kier molecular flexibility index (Phi) is 6.40. The van der Waals surface area contributed by atoms with E-state index in [1.165, 1.54) is 11.4 Å². The van der Waals surface area contributed by atoms with Crippen LogP contribution >= 0.6 is 0 Å². The van der Waals surface area contributed by atoms with Crippen molar-refractivity contribution in [3.8, 4) is 11.1 Å². The Morgan fingerprint density at radius 3 is 2.33 bits per heavy atom. The number of benzene rings is 3. The van der Waals surface area contributed by atoms with E-state index in [0.717, 1.165) is 11.8 Å². The third-order valence-electron chi connectivity index (χ3n) is 5.50. The fraction of sp³-hybridized carbons (Fsp3) is 0.231. The molecule has 2 amide bonds. The Labute approximate surface area is 210 Å². The molecule has 10 heteroatoms. The summed E-state index contributed by atoms with van der Waals surface area (Å²) in [6, 6.07) is 17.5. The fourth-order valence-corrected chi connectivity index (χ4v) is 4.29. The lowest BCUT2D eigenvalue weighted by Crippen LogP contribution is -2.27. The molecule has 0 saturated carbocycles. The Morgan fingerprint density at radius 2 is 1.64 bits per heavy atom. The SMILES string of the molecule is CN(c1ccccc1-c1ccc2c(c1)Nc1cc(NC(=O)OC(C)(C)C)ccc1NC2=O)S(C)(=O)=O. The molecule has 0 aliphatic carbocycles. The molecule has 4 rings (SSSR count). The number of rotatable bonds is 4. The minimum Gasteiger partial charge on any atom is -0.444 e. The molecule has 9 nitrogen and oxygen atoms in total. The van der Waals surface area contributed by atoms with Crippen molar-refractivity contribution in [1.82, 2.24) is 0 Å². The molecule has 0 atom stereocenters. The Hall–Kier alpha value is -4.05. The average Bonchev–Trinajstić information content (AvgIpc) is 2.91. The number of hydrogen-bond donors (Lipinski definition) is 3. The van der Waals surface area contributed by atoms with Crippen molar-refractivity contribution >= 4 is 50.5 Å². The monoisotopic (exact) mass is 508 g/mol. The molecule has 0 radical (unpaired) electrons. The van der Waals surface area contributed by atoms with Gasteiger partial charge in [-0.25, -0.2) is 13.2 Å². The zero-order chi connectivity index (χ0) is 26.3. The van der Waals surface area contributed by atoms with Gasteiger partial charge in [-0.2, -0.15) is 0 Å². The highest BCUT2D eigenvalue weighted by Crippen LogP contribution is 2.38. The molecule has 1 heterocycles. The van der Waals surface area contributed by atoms with Crippen LogP contribution in [0.2, 0.25) is 0 Å². The molecule has 3 aromatic rings. The highest BCUT2D eigenvalue weighted by atomic mass is 32.2. The molecule has 0 unspecified atom stereocenters. The van der Waals surface area contributed by atoms with E-state index in [1.807, 2.05) is 12.1 Å². The van der Waals surface area contributed by atoms with Gasteiger partial charge < -0.3 is 15.4 Å². The number of nitrogens with one attached hydrogen (secondary N) is 3. The van der Waals surface area contributed by atoms with E-state index in [0.29, 0.717) is 39.6 Å². The number of nitrogens with zero attached hydrogens (tertiary/aromatic N) is 1. The standard InChI is InChI=1S/C26H28N4O5S/c1-26(2,3)35-25(32)27-17-11-13-20-22(15-17)28-21-14-16(10-12-19(21)24(31)29-20)18-8-6-7-9-23(18)30(4)36(5,33)34/h6-15,28H,1-5H3,(H,27,32)(H,29,31). The maximum atomic E-state index is 12.9. The molecule has 1 aliphatic heterocycles. The number of carbonyl (C=O) groups excluding carboxylic acids is 2. The molecule has 0 spiro atoms. The van der Waals surface area contributed by atoms with Crippen molar-refractivity contribution in [2.75, 3.05) is 33.6 Å². The third-order valence-corrected chi connectivity index (χ3v) is 6.69. The lowest BCUT2D eigenvalue weighted by molar-refractivity contribution is 0.0635. The van der Waals surface area contributed by atoms with Gasteiger partial charge in [-0.15, -0.1) is 0 Å². The van der Waals surface area contributed by atoms with Crippen LogP contribution in [0.15, 0.2) is 60.7 Å². The predicted octanol–water partition coefficient (Wildman–Crippen LogP) is 5.41. The summed E-state index contributed by atoms with van der Waals surface area (Å²) in [4.78, 5) is 25.1. The van der Waals surface area contributed by atoms with Crippen molar-refractivity contribution in [1.29, 1.82) is 0 Å². The lowest BCUT2D eigenvalue weighted by Gasteiger charge is -2.21. The second kappa shape index (κ2) is 9.19. The van der Waals surface area contributed by atoms with Gasteiger partial charge in [-0.05, 0) is 62.7 Å². The molecular formula is C26H28N4O5S. The summed E-state index contributed by atoms with van der Waals surface area (Å²) < 4.78 is 30.9. The molecule has 3 N–H and O–H groups in total. The summed E-state index contributed by atoms with van der Waals surface area (Å²) in [5.74, 6) is -0.294. The summed E-state index contributed by atoms with van der Waals surface area (Å²) in [5.41, 5.74) is 3.87. The van der Waals surface area contributed by atoms with Crippen LogP contribution in [0.5, 0.6) is 0 Å². The van der Waals surface area contributed by atoms with Crippen molar-refractivity contribution in [3.05, 3.63) is 66.2 Å². The molecular weight excluding hydrogens is 480 g/mol. The van der Waals surface area contributed by atoms with Crippen molar-refractivity contribution in [2.45, 2.75) is 26.4 Å². The summed E-state index contributed by atoms with van der Waals surface area (Å²) in [6.07, 6.45) is 0.557. The van der Waals surface area contributed by atoms with Gasteiger partial charge in [-0.1, -0.05) is 24.3 Å². The topological polar surface area (TPSA) is 117 Å². The molecule has 188 valence electrons. The van der Waals surface area contributed by atoms with Crippen molar-refractivity contribution in [3.63, 3.8) is 0 Å². The van der Waals surface area contributed by atoms with Gasteiger partial charge in [0.05, 0.1) is 34.6 Å². The number of ether oxygens (including phenoxy) is 1. The number of carbonyl (C=O) groups is 2. The molecule has 0 saturated heterocycles. The van der Waals surface area contributed by atoms with E-state index in [9.17, 15) is 18.0 Å². The zero-order valence-corrected chi connectivity index (χ0v) is 21.5. The van der Waals surface area contributed by atoms with Crippen LogP contribution < -0.4 is 20.3 Å². The van der Waals surface area contributed by atoms with Gasteiger partial charge in [0.2, 0.25) is 10.0 Å².